The minimum atomic E-state index is 0.803. The summed E-state index contributed by atoms with van der Waals surface area (Å²) < 4.78 is 5.09. The van der Waals surface area contributed by atoms with Crippen molar-refractivity contribution in [3.63, 3.8) is 0 Å². The molecule has 0 N–H and O–H groups in total. The summed E-state index contributed by atoms with van der Waals surface area (Å²) in [6.07, 6.45) is 16.3. The number of ether oxygens (including phenoxy) is 1. The molecule has 94 valence electrons. The normalized spacial score (nSPS) is 9.62. The summed E-state index contributed by atoms with van der Waals surface area (Å²) in [5.41, 5.74) is 0. The van der Waals surface area contributed by atoms with E-state index in [9.17, 15) is 0 Å². The van der Waals surface area contributed by atoms with E-state index in [1.807, 2.05) is 0 Å². The minimum absolute atomic E-state index is 0.803. The molecule has 0 aromatic carbocycles. The van der Waals surface area contributed by atoms with E-state index in [-0.39, 0.29) is 0 Å². The zero-order valence-corrected chi connectivity index (χ0v) is 11.2. The van der Waals surface area contributed by atoms with E-state index < -0.39 is 0 Å². The fourth-order valence-corrected chi connectivity index (χ4v) is 1.78. The summed E-state index contributed by atoms with van der Waals surface area (Å²) in [6.45, 7) is 4.88. The summed E-state index contributed by atoms with van der Waals surface area (Å²) in [4.78, 5) is 0. The number of hydrogen-bond donors (Lipinski definition) is 0. The first-order valence-corrected chi connectivity index (χ1v) is 6.95. The molecule has 0 atom stereocenters. The third-order valence-corrected chi connectivity index (χ3v) is 2.77. The Kier molecular flexibility index (Phi) is 13.8. The van der Waals surface area contributed by atoms with Crippen molar-refractivity contribution in [3.8, 4) is 12.0 Å². The molecule has 1 nitrogen and oxygen atoms in total. The van der Waals surface area contributed by atoms with Crippen LogP contribution in [-0.2, 0) is 4.74 Å². The second-order valence-electron chi connectivity index (χ2n) is 4.38. The molecule has 1 heteroatoms. The van der Waals surface area contributed by atoms with Crippen LogP contribution in [0.1, 0.15) is 78.1 Å². The molecule has 0 amide bonds. The van der Waals surface area contributed by atoms with Crippen molar-refractivity contribution in [1.82, 2.24) is 0 Å². The lowest BCUT2D eigenvalue weighted by atomic mass is 10.1. The first kappa shape index (κ1) is 15.4. The largest absolute Gasteiger partial charge is 0.447 e. The van der Waals surface area contributed by atoms with Gasteiger partial charge in [0.05, 0.1) is 0 Å². The quantitative estimate of drug-likeness (QED) is 0.358. The van der Waals surface area contributed by atoms with E-state index >= 15 is 0 Å². The first-order valence-electron chi connectivity index (χ1n) is 6.95. The lowest BCUT2D eigenvalue weighted by Crippen LogP contribution is -1.88. The molecular formula is C15H28O. The Bertz CT molecular complexity index is 176. The molecule has 0 radical (unpaired) electrons. The van der Waals surface area contributed by atoms with Crippen molar-refractivity contribution in [2.75, 3.05) is 6.61 Å². The topological polar surface area (TPSA) is 9.23 Å². The van der Waals surface area contributed by atoms with Crippen LogP contribution in [0.2, 0.25) is 0 Å². The summed E-state index contributed by atoms with van der Waals surface area (Å²) in [5.74, 6) is 2.73. The van der Waals surface area contributed by atoms with Gasteiger partial charge in [0.1, 0.15) is 12.7 Å². The molecule has 0 rings (SSSR count). The lowest BCUT2D eigenvalue weighted by Gasteiger charge is -2.01. The molecule has 0 aromatic rings. The smallest absolute Gasteiger partial charge is 0.109 e. The monoisotopic (exact) mass is 224 g/mol. The minimum Gasteiger partial charge on any atom is -0.447 e. The summed E-state index contributed by atoms with van der Waals surface area (Å²) in [7, 11) is 0. The zero-order valence-electron chi connectivity index (χ0n) is 11.2. The van der Waals surface area contributed by atoms with Crippen molar-refractivity contribution in [3.05, 3.63) is 0 Å². The molecule has 0 heterocycles. The Morgan fingerprint density at radius 3 is 1.75 bits per heavy atom. The Balaban J connectivity index is 2.89. The van der Waals surface area contributed by atoms with Crippen LogP contribution in [0.5, 0.6) is 0 Å². The highest BCUT2D eigenvalue weighted by Gasteiger charge is 1.92. The van der Waals surface area contributed by atoms with Crippen LogP contribution in [0.15, 0.2) is 0 Å². The maximum Gasteiger partial charge on any atom is 0.109 e. The van der Waals surface area contributed by atoms with Crippen LogP contribution in [-0.4, -0.2) is 6.61 Å². The number of hydrogen-bond acceptors (Lipinski definition) is 1. The molecule has 0 aliphatic heterocycles. The highest BCUT2D eigenvalue weighted by molar-refractivity contribution is 4.84. The molecule has 16 heavy (non-hydrogen) atoms. The average Bonchev–Trinajstić information content (AvgIpc) is 2.31. The van der Waals surface area contributed by atoms with E-state index in [0.717, 1.165) is 13.0 Å². The lowest BCUT2D eigenvalue weighted by molar-refractivity contribution is 0.266. The summed E-state index contributed by atoms with van der Waals surface area (Å²) in [6, 6.07) is 0. The summed E-state index contributed by atoms with van der Waals surface area (Å²) in [5, 5.41) is 0. The van der Waals surface area contributed by atoms with E-state index in [4.69, 9.17) is 4.74 Å². The van der Waals surface area contributed by atoms with Gasteiger partial charge in [-0.05, 0) is 6.42 Å². The Labute approximate surface area is 102 Å². The third kappa shape index (κ3) is 13.4. The molecule has 0 fully saturated rings. The molecule has 0 saturated heterocycles. The molecule has 0 aromatic heterocycles. The zero-order chi connectivity index (χ0) is 11.9. The van der Waals surface area contributed by atoms with Crippen molar-refractivity contribution in [1.29, 1.82) is 0 Å². The Morgan fingerprint density at radius 1 is 0.750 bits per heavy atom. The molecule has 0 aliphatic carbocycles. The van der Waals surface area contributed by atoms with Crippen LogP contribution in [0.3, 0.4) is 0 Å². The van der Waals surface area contributed by atoms with Crippen molar-refractivity contribution < 1.29 is 4.74 Å². The second kappa shape index (κ2) is 14.4. The predicted molar refractivity (Wildman–Crippen MR) is 71.2 cm³/mol. The molecule has 0 spiro atoms. The third-order valence-electron chi connectivity index (χ3n) is 2.77. The van der Waals surface area contributed by atoms with Gasteiger partial charge in [0.25, 0.3) is 0 Å². The van der Waals surface area contributed by atoms with Crippen molar-refractivity contribution >= 4 is 0 Å². The van der Waals surface area contributed by atoms with E-state index in [1.54, 1.807) is 6.92 Å². The van der Waals surface area contributed by atoms with Crippen LogP contribution >= 0.6 is 0 Å². The van der Waals surface area contributed by atoms with Gasteiger partial charge in [-0.2, -0.15) is 0 Å². The van der Waals surface area contributed by atoms with Gasteiger partial charge in [-0.3, -0.25) is 0 Å². The maximum atomic E-state index is 5.09. The van der Waals surface area contributed by atoms with Gasteiger partial charge in [-0.1, -0.05) is 70.6 Å². The fraction of sp³-hybridized carbons (Fsp3) is 0.867. The number of unbranched alkanes of at least 4 members (excludes halogenated alkanes) is 9. The highest BCUT2D eigenvalue weighted by Crippen LogP contribution is 2.10. The molecule has 0 bridgehead atoms. The van der Waals surface area contributed by atoms with Crippen LogP contribution < -0.4 is 0 Å². The van der Waals surface area contributed by atoms with Gasteiger partial charge < -0.3 is 4.74 Å². The van der Waals surface area contributed by atoms with Gasteiger partial charge in [-0.15, -0.1) is 0 Å². The van der Waals surface area contributed by atoms with Crippen LogP contribution in [0.25, 0.3) is 0 Å². The molecule has 0 unspecified atom stereocenters. The SMILES string of the molecule is CC#COCCCCCCCCCCCC. The van der Waals surface area contributed by atoms with Gasteiger partial charge in [0.2, 0.25) is 0 Å². The molecular weight excluding hydrogens is 196 g/mol. The van der Waals surface area contributed by atoms with Crippen molar-refractivity contribution in [2.24, 2.45) is 0 Å². The summed E-state index contributed by atoms with van der Waals surface area (Å²) >= 11 is 0. The number of rotatable bonds is 11. The highest BCUT2D eigenvalue weighted by atomic mass is 16.5. The Morgan fingerprint density at radius 2 is 1.25 bits per heavy atom. The van der Waals surface area contributed by atoms with Gasteiger partial charge >= 0.3 is 0 Å². The Hall–Kier alpha value is -0.640. The van der Waals surface area contributed by atoms with Gasteiger partial charge in [0, 0.05) is 6.92 Å². The maximum absolute atomic E-state index is 5.09. The molecule has 0 aliphatic rings. The van der Waals surface area contributed by atoms with Crippen LogP contribution in [0, 0.1) is 12.0 Å². The van der Waals surface area contributed by atoms with E-state index in [2.05, 4.69) is 19.0 Å². The van der Waals surface area contributed by atoms with E-state index in [1.165, 1.54) is 57.8 Å². The molecule has 0 saturated carbocycles. The van der Waals surface area contributed by atoms with Gasteiger partial charge in [-0.25, -0.2) is 0 Å². The standard InChI is InChI=1S/C15H28O/c1-3-5-6-7-8-9-10-11-12-13-15-16-14-4-2/h3,5-13,15H2,1-2H3. The first-order chi connectivity index (χ1) is 7.91. The average molecular weight is 224 g/mol. The van der Waals surface area contributed by atoms with Gasteiger partial charge in [0.15, 0.2) is 0 Å². The fourth-order valence-electron chi connectivity index (χ4n) is 1.78. The predicted octanol–water partition coefficient (Wildman–Crippen LogP) is 4.90. The van der Waals surface area contributed by atoms with Crippen molar-refractivity contribution in [2.45, 2.75) is 78.1 Å². The van der Waals surface area contributed by atoms with Crippen LogP contribution in [0.4, 0.5) is 0 Å². The van der Waals surface area contributed by atoms with E-state index in [0.29, 0.717) is 0 Å². The second-order valence-corrected chi connectivity index (χ2v) is 4.38.